The first-order valence-electron chi connectivity index (χ1n) is 3.13. The van der Waals surface area contributed by atoms with E-state index < -0.39 is 0 Å². The van der Waals surface area contributed by atoms with Gasteiger partial charge in [-0.25, -0.2) is 0 Å². The lowest BCUT2D eigenvalue weighted by molar-refractivity contribution is 0.675. The van der Waals surface area contributed by atoms with Gasteiger partial charge in [0.25, 0.3) is 0 Å². The van der Waals surface area contributed by atoms with Gasteiger partial charge in [-0.3, -0.25) is 0 Å². The van der Waals surface area contributed by atoms with Crippen LogP contribution in [0.1, 0.15) is 0 Å². The normalized spacial score (nSPS) is 8.20. The topological polar surface area (TPSA) is 47.8 Å². The molecule has 0 spiro atoms. The molecular formula is C7H11N3. The van der Waals surface area contributed by atoms with Crippen LogP contribution in [-0.2, 0) is 0 Å². The zero-order valence-electron chi connectivity index (χ0n) is 5.85. The highest BCUT2D eigenvalue weighted by molar-refractivity contribution is 4.86. The van der Waals surface area contributed by atoms with Crippen LogP contribution in [0.15, 0.2) is 0 Å². The van der Waals surface area contributed by atoms with E-state index in [1.165, 1.54) is 0 Å². The molecule has 0 rings (SSSR count). The second kappa shape index (κ2) is 7.97. The molecule has 0 atom stereocenters. The minimum absolute atomic E-state index is 0.401. The van der Waals surface area contributed by atoms with Gasteiger partial charge in [-0.15, -0.1) is 6.42 Å². The van der Waals surface area contributed by atoms with Crippen molar-refractivity contribution in [3.63, 3.8) is 0 Å². The Hall–Kier alpha value is -1.03. The number of hydrogen-bond donors (Lipinski definition) is 2. The largest absolute Gasteiger partial charge is 0.305 e. The van der Waals surface area contributed by atoms with Gasteiger partial charge in [-0.05, 0) is 0 Å². The summed E-state index contributed by atoms with van der Waals surface area (Å²) in [5.74, 6) is 2.45. The Morgan fingerprint density at radius 1 is 1.20 bits per heavy atom. The predicted molar refractivity (Wildman–Crippen MR) is 40.2 cm³/mol. The van der Waals surface area contributed by atoms with Crippen molar-refractivity contribution in [3.05, 3.63) is 0 Å². The van der Waals surface area contributed by atoms with Crippen LogP contribution in [0.4, 0.5) is 0 Å². The fourth-order valence-electron chi connectivity index (χ4n) is 0.482. The van der Waals surface area contributed by atoms with Crippen LogP contribution in [0.3, 0.4) is 0 Å². The summed E-state index contributed by atoms with van der Waals surface area (Å²) < 4.78 is 0. The maximum absolute atomic E-state index is 8.10. The Kier molecular flexibility index (Phi) is 7.15. The quantitative estimate of drug-likeness (QED) is 0.300. The summed E-state index contributed by atoms with van der Waals surface area (Å²) in [6, 6.07) is 1.98. The third-order valence-electron chi connectivity index (χ3n) is 0.910. The zero-order valence-corrected chi connectivity index (χ0v) is 5.85. The predicted octanol–water partition coefficient (Wildman–Crippen LogP) is -0.678. The molecule has 3 heteroatoms. The molecule has 0 aromatic heterocycles. The molecule has 0 amide bonds. The van der Waals surface area contributed by atoms with Crippen LogP contribution in [0.25, 0.3) is 0 Å². The van der Waals surface area contributed by atoms with Crippen molar-refractivity contribution in [2.75, 3.05) is 26.2 Å². The third-order valence-corrected chi connectivity index (χ3v) is 0.910. The smallest absolute Gasteiger partial charge is 0.0841 e. The molecule has 10 heavy (non-hydrogen) atoms. The Morgan fingerprint density at radius 2 is 1.80 bits per heavy atom. The van der Waals surface area contributed by atoms with Crippen LogP contribution in [-0.4, -0.2) is 26.2 Å². The Bertz CT molecular complexity index is 122. The van der Waals surface area contributed by atoms with Crippen molar-refractivity contribution in [1.29, 1.82) is 5.26 Å². The second-order valence-corrected chi connectivity index (χ2v) is 1.72. The van der Waals surface area contributed by atoms with E-state index in [1.54, 1.807) is 0 Å². The van der Waals surface area contributed by atoms with E-state index in [0.29, 0.717) is 13.1 Å². The van der Waals surface area contributed by atoms with Crippen LogP contribution in [0.5, 0.6) is 0 Å². The van der Waals surface area contributed by atoms with E-state index in [4.69, 9.17) is 11.7 Å². The van der Waals surface area contributed by atoms with Crippen molar-refractivity contribution < 1.29 is 0 Å². The molecule has 0 radical (unpaired) electrons. The van der Waals surface area contributed by atoms with Crippen LogP contribution >= 0.6 is 0 Å². The number of nitrogens with zero attached hydrogens (tertiary/aromatic N) is 1. The van der Waals surface area contributed by atoms with Crippen molar-refractivity contribution in [3.8, 4) is 18.4 Å². The number of nitrogens with one attached hydrogen (secondary N) is 2. The fourth-order valence-corrected chi connectivity index (χ4v) is 0.482. The van der Waals surface area contributed by atoms with Crippen LogP contribution in [0.2, 0.25) is 0 Å². The molecule has 0 aromatic rings. The van der Waals surface area contributed by atoms with Gasteiger partial charge < -0.3 is 10.6 Å². The first-order valence-corrected chi connectivity index (χ1v) is 3.13. The Morgan fingerprint density at radius 3 is 2.30 bits per heavy atom. The maximum Gasteiger partial charge on any atom is 0.0841 e. The standard InChI is InChI=1S/C7H11N3/c1-2-4-9-6-7-10-5-3-8/h1,9-10H,4-7H2. The average Bonchev–Trinajstić information content (AvgIpc) is 1.97. The van der Waals surface area contributed by atoms with E-state index in [2.05, 4.69) is 16.6 Å². The lowest BCUT2D eigenvalue weighted by Gasteiger charge is -1.98. The van der Waals surface area contributed by atoms with Gasteiger partial charge in [0.15, 0.2) is 0 Å². The number of rotatable bonds is 5. The van der Waals surface area contributed by atoms with Gasteiger partial charge in [0.05, 0.1) is 19.2 Å². The summed E-state index contributed by atoms with van der Waals surface area (Å²) in [7, 11) is 0. The van der Waals surface area contributed by atoms with Gasteiger partial charge in [0, 0.05) is 13.1 Å². The summed E-state index contributed by atoms with van der Waals surface area (Å²) >= 11 is 0. The highest BCUT2D eigenvalue weighted by atomic mass is 14.9. The summed E-state index contributed by atoms with van der Waals surface area (Å²) in [4.78, 5) is 0. The third kappa shape index (κ3) is 6.97. The molecule has 2 N–H and O–H groups in total. The monoisotopic (exact) mass is 137 g/mol. The Balaban J connectivity index is 2.80. The SMILES string of the molecule is C#CCNCCNCC#N. The second-order valence-electron chi connectivity index (χ2n) is 1.72. The zero-order chi connectivity index (χ0) is 7.66. The van der Waals surface area contributed by atoms with Gasteiger partial charge >= 0.3 is 0 Å². The first-order chi connectivity index (χ1) is 4.91. The first kappa shape index (κ1) is 8.97. The maximum atomic E-state index is 8.10. The fraction of sp³-hybridized carbons (Fsp3) is 0.571. The summed E-state index contributed by atoms with van der Waals surface area (Å²) in [6.07, 6.45) is 4.98. The van der Waals surface area contributed by atoms with E-state index >= 15 is 0 Å². The number of terminal acetylenes is 1. The minimum atomic E-state index is 0.401. The van der Waals surface area contributed by atoms with Gasteiger partial charge in [-0.1, -0.05) is 5.92 Å². The van der Waals surface area contributed by atoms with Gasteiger partial charge in [0.2, 0.25) is 0 Å². The molecule has 0 bridgehead atoms. The van der Waals surface area contributed by atoms with Crippen molar-refractivity contribution in [2.24, 2.45) is 0 Å². The molecule has 0 unspecified atom stereocenters. The molecule has 0 aliphatic heterocycles. The summed E-state index contributed by atoms with van der Waals surface area (Å²) in [5.41, 5.74) is 0. The highest BCUT2D eigenvalue weighted by Gasteiger charge is 1.82. The summed E-state index contributed by atoms with van der Waals surface area (Å²) in [6.45, 7) is 2.59. The molecule has 0 heterocycles. The Labute approximate surface area is 61.4 Å². The molecule has 54 valence electrons. The van der Waals surface area contributed by atoms with Crippen LogP contribution < -0.4 is 10.6 Å². The van der Waals surface area contributed by atoms with Crippen LogP contribution in [0, 0.1) is 23.7 Å². The molecule has 0 fully saturated rings. The number of hydrogen-bond acceptors (Lipinski definition) is 3. The van der Waals surface area contributed by atoms with Gasteiger partial charge in [-0.2, -0.15) is 5.26 Å². The molecule has 0 aliphatic rings. The van der Waals surface area contributed by atoms with E-state index in [0.717, 1.165) is 13.1 Å². The van der Waals surface area contributed by atoms with Crippen molar-refractivity contribution in [2.45, 2.75) is 0 Å². The van der Waals surface area contributed by atoms with Crippen molar-refractivity contribution >= 4 is 0 Å². The van der Waals surface area contributed by atoms with E-state index in [-0.39, 0.29) is 0 Å². The molecule has 0 saturated carbocycles. The molecular weight excluding hydrogens is 126 g/mol. The van der Waals surface area contributed by atoms with Gasteiger partial charge in [0.1, 0.15) is 0 Å². The molecule has 3 nitrogen and oxygen atoms in total. The van der Waals surface area contributed by atoms with Crippen molar-refractivity contribution in [1.82, 2.24) is 10.6 Å². The lowest BCUT2D eigenvalue weighted by atomic mass is 10.5. The molecule has 0 aliphatic carbocycles. The van der Waals surface area contributed by atoms with E-state index in [1.807, 2.05) is 6.07 Å². The highest BCUT2D eigenvalue weighted by Crippen LogP contribution is 1.57. The number of nitriles is 1. The molecule has 0 saturated heterocycles. The summed E-state index contributed by atoms with van der Waals surface area (Å²) in [5, 5.41) is 14.0. The lowest BCUT2D eigenvalue weighted by Crippen LogP contribution is -2.27. The van der Waals surface area contributed by atoms with E-state index in [9.17, 15) is 0 Å². The minimum Gasteiger partial charge on any atom is -0.305 e. The molecule has 0 aromatic carbocycles. The average molecular weight is 137 g/mol.